The molecule has 1 aliphatic rings. The molecule has 0 radical (unpaired) electrons. The van der Waals surface area contributed by atoms with Gasteiger partial charge in [0.05, 0.1) is 23.1 Å². The molecule has 1 heterocycles. The van der Waals surface area contributed by atoms with Crippen molar-refractivity contribution in [2.24, 2.45) is 0 Å². The maximum atomic E-state index is 12.8. The fourth-order valence-corrected chi connectivity index (χ4v) is 3.01. The van der Waals surface area contributed by atoms with Crippen LogP contribution in [0.4, 0.5) is 13.2 Å². The zero-order valence-corrected chi connectivity index (χ0v) is 13.1. The highest BCUT2D eigenvalue weighted by Crippen LogP contribution is 2.42. The molecule has 1 saturated carbocycles. The van der Waals surface area contributed by atoms with Crippen LogP contribution < -0.4 is 0 Å². The number of carbonyl (C=O) groups is 1. The fraction of sp³-hybridized carbons (Fsp3) is 0.333. The average Bonchev–Trinajstić information content (AvgIpc) is 3.22. The van der Waals surface area contributed by atoms with Gasteiger partial charge in [0.1, 0.15) is 10.7 Å². The number of alkyl halides is 3. The van der Waals surface area contributed by atoms with Gasteiger partial charge < -0.3 is 4.52 Å². The van der Waals surface area contributed by atoms with Gasteiger partial charge in [-0.1, -0.05) is 11.2 Å². The summed E-state index contributed by atoms with van der Waals surface area (Å²) in [4.78, 5) is 12.6. The third kappa shape index (κ3) is 3.35. The van der Waals surface area contributed by atoms with Crippen LogP contribution in [0.15, 0.2) is 28.9 Å². The molecule has 2 aromatic rings. The first-order valence-corrected chi connectivity index (χ1v) is 8.45. The molecule has 0 unspecified atom stereocenters. The van der Waals surface area contributed by atoms with Gasteiger partial charge in [-0.15, -0.1) is 0 Å². The predicted octanol–water partition coefficient (Wildman–Crippen LogP) is 2.91. The van der Waals surface area contributed by atoms with Crippen LogP contribution in [0.25, 0.3) is 0 Å². The Morgan fingerprint density at radius 3 is 2.54 bits per heavy atom. The van der Waals surface area contributed by atoms with Crippen LogP contribution in [0.2, 0.25) is 0 Å². The summed E-state index contributed by atoms with van der Waals surface area (Å²) in [6.45, 7) is 0. The zero-order chi connectivity index (χ0) is 17.5. The number of ketones is 1. The Balaban J connectivity index is 2.05. The minimum absolute atomic E-state index is 0.0838. The zero-order valence-electron chi connectivity index (χ0n) is 12.2. The normalized spacial score (nSPS) is 15.0. The second-order valence-corrected chi connectivity index (χ2v) is 6.55. The lowest BCUT2D eigenvalue weighted by molar-refractivity contribution is -0.137. The molecule has 9 heteroatoms. The van der Waals surface area contributed by atoms with Crippen molar-refractivity contribution >= 4 is 16.5 Å². The molecular formula is C15H12F3NO4S. The summed E-state index contributed by atoms with van der Waals surface area (Å²) in [6.07, 6.45) is -1.71. The minimum atomic E-state index is -4.62. The molecule has 24 heavy (non-hydrogen) atoms. The molecule has 1 aliphatic carbocycles. The van der Waals surface area contributed by atoms with E-state index in [0.717, 1.165) is 25.0 Å². The highest BCUT2D eigenvalue weighted by atomic mass is 32.2. The Hall–Kier alpha value is -2.16. The van der Waals surface area contributed by atoms with Crippen molar-refractivity contribution in [1.82, 2.24) is 5.16 Å². The number of benzene rings is 1. The van der Waals surface area contributed by atoms with Gasteiger partial charge in [-0.3, -0.25) is 4.79 Å². The molecule has 0 bridgehead atoms. The van der Waals surface area contributed by atoms with E-state index >= 15 is 0 Å². The Morgan fingerprint density at radius 2 is 1.96 bits per heavy atom. The van der Waals surface area contributed by atoms with Gasteiger partial charge in [0, 0.05) is 11.5 Å². The van der Waals surface area contributed by atoms with Crippen molar-refractivity contribution in [2.45, 2.75) is 30.7 Å². The minimum Gasteiger partial charge on any atom is -0.360 e. The van der Waals surface area contributed by atoms with E-state index < -0.39 is 34.0 Å². The standard InChI is InChI=1S/C15H12F3NO4S/c16-15(17,18)10-3-4-11(9(5-10)7-24(21)22)13(20)12-6-19-23-14(12)8-1-2-8/h3-6,8,24H,1-2,7H2. The van der Waals surface area contributed by atoms with E-state index in [1.54, 1.807) is 0 Å². The van der Waals surface area contributed by atoms with Crippen molar-refractivity contribution in [3.63, 3.8) is 0 Å². The van der Waals surface area contributed by atoms with Crippen LogP contribution in [0.3, 0.4) is 0 Å². The van der Waals surface area contributed by atoms with Crippen molar-refractivity contribution in [1.29, 1.82) is 0 Å². The van der Waals surface area contributed by atoms with E-state index in [4.69, 9.17) is 4.52 Å². The van der Waals surface area contributed by atoms with Gasteiger partial charge in [-0.05, 0) is 30.5 Å². The molecule has 1 fully saturated rings. The summed E-state index contributed by atoms with van der Waals surface area (Å²) >= 11 is 0. The maximum Gasteiger partial charge on any atom is 0.416 e. The van der Waals surface area contributed by atoms with Crippen LogP contribution >= 0.6 is 0 Å². The van der Waals surface area contributed by atoms with Gasteiger partial charge in [-0.25, -0.2) is 8.42 Å². The molecule has 0 atom stereocenters. The molecule has 3 rings (SSSR count). The Morgan fingerprint density at radius 1 is 1.25 bits per heavy atom. The molecule has 1 aromatic heterocycles. The summed E-state index contributed by atoms with van der Waals surface area (Å²) < 4.78 is 65.5. The van der Waals surface area contributed by atoms with Gasteiger partial charge in [0.2, 0.25) is 0 Å². The van der Waals surface area contributed by atoms with Crippen molar-refractivity contribution in [2.75, 3.05) is 0 Å². The van der Waals surface area contributed by atoms with Gasteiger partial charge in [-0.2, -0.15) is 13.2 Å². The molecule has 5 nitrogen and oxygen atoms in total. The third-order valence-corrected chi connectivity index (χ3v) is 4.37. The number of halogens is 3. The van der Waals surface area contributed by atoms with E-state index in [1.165, 1.54) is 6.20 Å². The number of hydrogen-bond acceptors (Lipinski definition) is 5. The maximum absolute atomic E-state index is 12.8. The van der Waals surface area contributed by atoms with E-state index in [-0.39, 0.29) is 22.6 Å². The van der Waals surface area contributed by atoms with Crippen LogP contribution in [0.5, 0.6) is 0 Å². The second kappa shape index (κ2) is 6.04. The molecule has 0 N–H and O–H groups in total. The lowest BCUT2D eigenvalue weighted by Crippen LogP contribution is -2.11. The molecule has 0 saturated heterocycles. The molecule has 1 aromatic carbocycles. The Kier molecular flexibility index (Phi) is 4.20. The van der Waals surface area contributed by atoms with Crippen molar-refractivity contribution in [3.05, 3.63) is 52.4 Å². The largest absolute Gasteiger partial charge is 0.416 e. The lowest BCUT2D eigenvalue weighted by atomic mass is 9.96. The Bertz CT molecular complexity index is 858. The highest BCUT2D eigenvalue weighted by molar-refractivity contribution is 7.71. The first kappa shape index (κ1) is 16.7. The molecule has 0 amide bonds. The molecule has 0 aliphatic heterocycles. The first-order valence-electron chi connectivity index (χ1n) is 7.08. The van der Waals surface area contributed by atoms with E-state index in [0.29, 0.717) is 11.8 Å². The first-order chi connectivity index (χ1) is 11.3. The summed E-state index contributed by atoms with van der Waals surface area (Å²) in [7, 11) is -2.99. The summed E-state index contributed by atoms with van der Waals surface area (Å²) in [5.41, 5.74) is -1.11. The average molecular weight is 359 g/mol. The smallest absolute Gasteiger partial charge is 0.360 e. The van der Waals surface area contributed by atoms with Gasteiger partial charge >= 0.3 is 6.18 Å². The number of rotatable bonds is 5. The highest BCUT2D eigenvalue weighted by Gasteiger charge is 2.34. The van der Waals surface area contributed by atoms with Crippen LogP contribution in [0.1, 0.15) is 51.6 Å². The van der Waals surface area contributed by atoms with Crippen molar-refractivity contribution < 1.29 is 30.9 Å². The lowest BCUT2D eigenvalue weighted by Gasteiger charge is -2.11. The van der Waals surface area contributed by atoms with Crippen LogP contribution in [-0.2, 0) is 22.6 Å². The van der Waals surface area contributed by atoms with Crippen molar-refractivity contribution in [3.8, 4) is 0 Å². The Labute approximate surface area is 136 Å². The van der Waals surface area contributed by atoms with E-state index in [1.807, 2.05) is 0 Å². The summed E-state index contributed by atoms with van der Waals surface area (Å²) in [5.74, 6) is -0.749. The SMILES string of the molecule is O=C(c1ccc(C(F)(F)F)cc1C[SH](=O)=O)c1cnoc1C1CC1. The number of hydrogen-bond donors (Lipinski definition) is 1. The topological polar surface area (TPSA) is 77.2 Å². The number of carbonyl (C=O) groups excluding carboxylic acids is 1. The van der Waals surface area contributed by atoms with Crippen LogP contribution in [0, 0.1) is 0 Å². The van der Waals surface area contributed by atoms with Gasteiger partial charge in [0.25, 0.3) is 0 Å². The fourth-order valence-electron chi connectivity index (χ4n) is 2.47. The second-order valence-electron chi connectivity index (χ2n) is 5.57. The van der Waals surface area contributed by atoms with Gasteiger partial charge in [0.15, 0.2) is 11.5 Å². The number of nitrogens with zero attached hydrogens (tertiary/aromatic N) is 1. The van der Waals surface area contributed by atoms with E-state index in [9.17, 15) is 26.4 Å². The quantitative estimate of drug-likeness (QED) is 0.656. The number of aromatic nitrogens is 1. The molecule has 0 spiro atoms. The molecular weight excluding hydrogens is 347 g/mol. The van der Waals surface area contributed by atoms with Crippen LogP contribution in [-0.4, -0.2) is 19.4 Å². The summed E-state index contributed by atoms with van der Waals surface area (Å²) in [5, 5.41) is 3.58. The summed E-state index contributed by atoms with van der Waals surface area (Å²) in [6, 6.07) is 2.46. The predicted molar refractivity (Wildman–Crippen MR) is 77.4 cm³/mol. The third-order valence-electron chi connectivity index (χ3n) is 3.77. The monoisotopic (exact) mass is 359 g/mol. The van der Waals surface area contributed by atoms with E-state index in [2.05, 4.69) is 5.16 Å². The number of thiol groups is 1. The molecule has 128 valence electrons.